The molecule has 1 heterocycles. The van der Waals surface area contributed by atoms with E-state index in [9.17, 15) is 8.78 Å². The Morgan fingerprint density at radius 3 is 2.68 bits per heavy atom. The molecule has 0 aromatic carbocycles. The smallest absolute Gasteiger partial charge is 0.248 e. The van der Waals surface area contributed by atoms with Crippen molar-refractivity contribution in [2.75, 3.05) is 26.7 Å². The molecule has 1 saturated carbocycles. The van der Waals surface area contributed by atoms with Crippen LogP contribution < -0.4 is 5.32 Å². The average molecular weight is 297 g/mol. The molecule has 1 aliphatic carbocycles. The molecule has 0 amide bonds. The maximum absolute atomic E-state index is 13.4. The van der Waals surface area contributed by atoms with Gasteiger partial charge in [0.1, 0.15) is 0 Å². The quantitative estimate of drug-likeness (QED) is 0.859. The molecule has 19 heavy (non-hydrogen) atoms. The fourth-order valence-electron chi connectivity index (χ4n) is 3.43. The van der Waals surface area contributed by atoms with Crippen molar-refractivity contribution in [3.05, 3.63) is 0 Å². The summed E-state index contributed by atoms with van der Waals surface area (Å²) in [7, 11) is 2.11. The van der Waals surface area contributed by atoms with Crippen molar-refractivity contribution in [3.63, 3.8) is 0 Å². The van der Waals surface area contributed by atoms with Gasteiger partial charge in [0.05, 0.1) is 0 Å². The number of hydrogen-bond acceptors (Lipinski definition) is 2. The summed E-state index contributed by atoms with van der Waals surface area (Å²) >= 11 is 0. The lowest BCUT2D eigenvalue weighted by molar-refractivity contribution is -0.0575. The van der Waals surface area contributed by atoms with Crippen LogP contribution >= 0.6 is 12.4 Å². The summed E-state index contributed by atoms with van der Waals surface area (Å²) in [5, 5.41) is 3.40. The van der Waals surface area contributed by atoms with Gasteiger partial charge >= 0.3 is 0 Å². The summed E-state index contributed by atoms with van der Waals surface area (Å²) < 4.78 is 26.8. The van der Waals surface area contributed by atoms with Crippen LogP contribution in [-0.4, -0.2) is 43.5 Å². The van der Waals surface area contributed by atoms with Crippen molar-refractivity contribution >= 4 is 12.4 Å². The molecule has 0 radical (unpaired) electrons. The van der Waals surface area contributed by atoms with Gasteiger partial charge in [0.15, 0.2) is 0 Å². The SMILES string of the molecule is CN(CC1CCCC(F)(F)C1)C1CCCNCC1.Cl. The van der Waals surface area contributed by atoms with E-state index >= 15 is 0 Å². The van der Waals surface area contributed by atoms with E-state index in [2.05, 4.69) is 17.3 Å². The maximum atomic E-state index is 13.4. The van der Waals surface area contributed by atoms with E-state index in [0.717, 1.165) is 32.5 Å². The predicted octanol–water partition coefficient (Wildman–Crippen LogP) is 3.31. The minimum atomic E-state index is -2.41. The second kappa shape index (κ2) is 7.75. The van der Waals surface area contributed by atoms with Gasteiger partial charge in [0.2, 0.25) is 5.92 Å². The molecule has 0 bridgehead atoms. The molecule has 1 aliphatic heterocycles. The first-order chi connectivity index (χ1) is 8.57. The zero-order chi connectivity index (χ0) is 13.0. The van der Waals surface area contributed by atoms with E-state index < -0.39 is 5.92 Å². The average Bonchev–Trinajstić information content (AvgIpc) is 2.55. The van der Waals surface area contributed by atoms with Gasteiger partial charge in [-0.15, -0.1) is 12.4 Å². The molecular formula is C14H27ClF2N2. The predicted molar refractivity (Wildman–Crippen MR) is 77.3 cm³/mol. The fourth-order valence-corrected chi connectivity index (χ4v) is 3.43. The summed E-state index contributed by atoms with van der Waals surface area (Å²) in [6, 6.07) is 0.579. The molecule has 0 spiro atoms. The maximum Gasteiger partial charge on any atom is 0.248 e. The lowest BCUT2D eigenvalue weighted by atomic mass is 9.86. The summed E-state index contributed by atoms with van der Waals surface area (Å²) in [6.45, 7) is 3.02. The van der Waals surface area contributed by atoms with Crippen LogP contribution in [0.3, 0.4) is 0 Å². The molecule has 2 unspecified atom stereocenters. The van der Waals surface area contributed by atoms with Gasteiger partial charge in [-0.3, -0.25) is 0 Å². The molecule has 2 rings (SSSR count). The summed E-state index contributed by atoms with van der Waals surface area (Å²) in [4.78, 5) is 2.33. The van der Waals surface area contributed by atoms with Crippen LogP contribution in [0.5, 0.6) is 0 Å². The van der Waals surface area contributed by atoms with Gasteiger partial charge in [0, 0.05) is 25.4 Å². The zero-order valence-corrected chi connectivity index (χ0v) is 12.7. The monoisotopic (exact) mass is 296 g/mol. The first-order valence-corrected chi connectivity index (χ1v) is 7.36. The van der Waals surface area contributed by atoms with Crippen molar-refractivity contribution in [3.8, 4) is 0 Å². The minimum absolute atomic E-state index is 0. The third-order valence-corrected chi connectivity index (χ3v) is 4.46. The van der Waals surface area contributed by atoms with E-state index in [-0.39, 0.29) is 31.2 Å². The Morgan fingerprint density at radius 2 is 1.95 bits per heavy atom. The van der Waals surface area contributed by atoms with Crippen LogP contribution in [0.4, 0.5) is 8.78 Å². The molecule has 0 aromatic rings. The van der Waals surface area contributed by atoms with Crippen molar-refractivity contribution < 1.29 is 8.78 Å². The second-order valence-electron chi connectivity index (χ2n) is 6.09. The van der Waals surface area contributed by atoms with Gasteiger partial charge in [-0.25, -0.2) is 8.78 Å². The first-order valence-electron chi connectivity index (χ1n) is 7.36. The highest BCUT2D eigenvalue weighted by Crippen LogP contribution is 2.37. The number of hydrogen-bond donors (Lipinski definition) is 1. The topological polar surface area (TPSA) is 15.3 Å². The van der Waals surface area contributed by atoms with Crippen molar-refractivity contribution in [1.82, 2.24) is 10.2 Å². The second-order valence-corrected chi connectivity index (χ2v) is 6.09. The third kappa shape index (κ3) is 5.52. The van der Waals surface area contributed by atoms with Crippen LogP contribution in [0.15, 0.2) is 0 Å². The Morgan fingerprint density at radius 1 is 1.16 bits per heavy atom. The number of nitrogens with one attached hydrogen (secondary N) is 1. The standard InChI is InChI=1S/C14H26F2N2.ClH/c1-18(13-5-3-8-17-9-6-13)11-12-4-2-7-14(15,16)10-12;/h12-13,17H,2-11H2,1H3;1H. The Labute approximate surface area is 121 Å². The molecule has 2 aliphatic rings. The third-order valence-electron chi connectivity index (χ3n) is 4.46. The molecule has 114 valence electrons. The van der Waals surface area contributed by atoms with Crippen molar-refractivity contribution in [1.29, 1.82) is 0 Å². The van der Waals surface area contributed by atoms with Crippen LogP contribution in [0.2, 0.25) is 0 Å². The summed E-state index contributed by atoms with van der Waals surface area (Å²) in [6.07, 6.45) is 5.42. The highest BCUT2D eigenvalue weighted by atomic mass is 35.5. The Balaban J connectivity index is 0.00000180. The summed E-state index contributed by atoms with van der Waals surface area (Å²) in [5.41, 5.74) is 0. The number of nitrogens with zero attached hydrogens (tertiary/aromatic N) is 1. The van der Waals surface area contributed by atoms with E-state index in [0.29, 0.717) is 12.5 Å². The molecule has 0 aromatic heterocycles. The Hall–Kier alpha value is 0.0700. The van der Waals surface area contributed by atoms with Gasteiger partial charge in [-0.2, -0.15) is 0 Å². The van der Waals surface area contributed by atoms with Gasteiger partial charge < -0.3 is 10.2 Å². The van der Waals surface area contributed by atoms with E-state index in [1.165, 1.54) is 12.8 Å². The minimum Gasteiger partial charge on any atom is -0.317 e. The Kier molecular flexibility index (Phi) is 6.98. The van der Waals surface area contributed by atoms with Crippen LogP contribution in [-0.2, 0) is 0 Å². The molecule has 2 fully saturated rings. The van der Waals surface area contributed by atoms with Crippen LogP contribution in [0.1, 0.15) is 44.9 Å². The van der Waals surface area contributed by atoms with E-state index in [1.807, 2.05) is 0 Å². The molecular weight excluding hydrogens is 270 g/mol. The Bertz CT molecular complexity index is 256. The van der Waals surface area contributed by atoms with Crippen LogP contribution in [0, 0.1) is 5.92 Å². The highest BCUT2D eigenvalue weighted by molar-refractivity contribution is 5.85. The highest BCUT2D eigenvalue weighted by Gasteiger charge is 2.36. The van der Waals surface area contributed by atoms with E-state index in [1.54, 1.807) is 0 Å². The zero-order valence-electron chi connectivity index (χ0n) is 11.8. The normalized spacial score (nSPS) is 31.6. The van der Waals surface area contributed by atoms with Gasteiger partial charge in [-0.1, -0.05) is 0 Å². The molecule has 5 heteroatoms. The van der Waals surface area contributed by atoms with Gasteiger partial charge in [-0.05, 0) is 58.2 Å². The number of rotatable bonds is 3. The van der Waals surface area contributed by atoms with Crippen molar-refractivity contribution in [2.45, 2.75) is 56.9 Å². The molecule has 1 N–H and O–H groups in total. The van der Waals surface area contributed by atoms with Crippen LogP contribution in [0.25, 0.3) is 0 Å². The van der Waals surface area contributed by atoms with E-state index in [4.69, 9.17) is 0 Å². The van der Waals surface area contributed by atoms with Gasteiger partial charge in [0.25, 0.3) is 0 Å². The number of alkyl halides is 2. The van der Waals surface area contributed by atoms with Crippen molar-refractivity contribution in [2.24, 2.45) is 5.92 Å². The first kappa shape index (κ1) is 17.1. The molecule has 2 nitrogen and oxygen atoms in total. The molecule has 2 atom stereocenters. The fraction of sp³-hybridized carbons (Fsp3) is 1.00. The summed E-state index contributed by atoms with van der Waals surface area (Å²) in [5.74, 6) is -2.22. The lowest BCUT2D eigenvalue weighted by Gasteiger charge is -2.34. The largest absolute Gasteiger partial charge is 0.317 e. The molecule has 1 saturated heterocycles. The lowest BCUT2D eigenvalue weighted by Crippen LogP contribution is -2.39. The number of halogens is 3.